The van der Waals surface area contributed by atoms with Crippen molar-refractivity contribution in [3.8, 4) is 17.1 Å². The quantitative estimate of drug-likeness (QED) is 0.474. The van der Waals surface area contributed by atoms with E-state index in [1.54, 1.807) is 6.07 Å². The summed E-state index contributed by atoms with van der Waals surface area (Å²) < 4.78 is 17.3. The molecule has 3 fully saturated rings. The lowest BCUT2D eigenvalue weighted by molar-refractivity contribution is 0.00784. The van der Waals surface area contributed by atoms with Crippen LogP contribution in [0.4, 0.5) is 0 Å². The third-order valence-corrected chi connectivity index (χ3v) is 7.31. The molecule has 2 saturated heterocycles. The summed E-state index contributed by atoms with van der Waals surface area (Å²) in [5.74, 6) is 0.272. The highest BCUT2D eigenvalue weighted by Crippen LogP contribution is 2.48. The molecule has 3 aliphatic rings. The molecular weight excluding hydrogens is 448 g/mol. The molecule has 2 aromatic heterocycles. The first-order valence-electron chi connectivity index (χ1n) is 11.0. The number of carbonyl (C=O) groups excluding carboxylic acids is 1. The number of benzene rings is 1. The number of aliphatic hydroxyl groups is 2. The van der Waals surface area contributed by atoms with Crippen LogP contribution in [0.25, 0.3) is 22.3 Å². The molecule has 0 amide bonds. The van der Waals surface area contributed by atoms with Gasteiger partial charge >= 0.3 is 0 Å². The van der Waals surface area contributed by atoms with Crippen molar-refractivity contribution in [3.05, 3.63) is 46.5 Å². The van der Waals surface area contributed by atoms with Crippen LogP contribution in [-0.4, -0.2) is 70.7 Å². The molecule has 33 heavy (non-hydrogen) atoms. The minimum Gasteiger partial charge on any atom is -0.470 e. The Morgan fingerprint density at radius 3 is 2.67 bits per heavy atom. The van der Waals surface area contributed by atoms with Crippen LogP contribution in [0.5, 0.6) is 5.88 Å². The Hall–Kier alpha value is -2.49. The fraction of sp³-hybridized carbons (Fsp3) is 0.417. The highest BCUT2D eigenvalue weighted by atomic mass is 35.5. The minimum atomic E-state index is -0.682. The van der Waals surface area contributed by atoms with E-state index in [2.05, 4.69) is 4.98 Å². The highest BCUT2D eigenvalue weighted by molar-refractivity contribution is 6.33. The number of ether oxygens (including phenoxy) is 3. The van der Waals surface area contributed by atoms with Crippen LogP contribution in [0.3, 0.4) is 0 Å². The number of fused-ring (bicyclic) bond motifs is 2. The summed E-state index contributed by atoms with van der Waals surface area (Å²) in [5, 5.41) is 20.1. The molecule has 172 valence electrons. The van der Waals surface area contributed by atoms with Crippen LogP contribution >= 0.6 is 11.6 Å². The van der Waals surface area contributed by atoms with Gasteiger partial charge in [-0.15, -0.1) is 0 Å². The van der Waals surface area contributed by atoms with Crippen LogP contribution in [0.2, 0.25) is 5.02 Å². The van der Waals surface area contributed by atoms with Crippen molar-refractivity contribution in [2.45, 2.75) is 42.7 Å². The summed E-state index contributed by atoms with van der Waals surface area (Å²) in [5.41, 5.74) is 3.70. The number of aromatic nitrogens is 2. The third kappa shape index (κ3) is 3.36. The zero-order valence-electron chi connectivity index (χ0n) is 17.7. The number of aliphatic hydroxyl groups excluding tert-OH is 2. The topological polar surface area (TPSA) is 114 Å². The molecule has 1 saturated carbocycles. The molecular formula is C24H23ClN2O6. The van der Waals surface area contributed by atoms with Gasteiger partial charge < -0.3 is 29.4 Å². The molecule has 3 N–H and O–H groups in total. The summed E-state index contributed by atoms with van der Waals surface area (Å²) in [6, 6.07) is 9.61. The number of nitrogens with one attached hydrogen (secondary N) is 1. The lowest BCUT2D eigenvalue weighted by Crippen LogP contribution is -2.34. The molecule has 6 rings (SSSR count). The van der Waals surface area contributed by atoms with Gasteiger partial charge in [-0.1, -0.05) is 35.9 Å². The normalized spacial score (nSPS) is 27.6. The first-order valence-corrected chi connectivity index (χ1v) is 11.4. The van der Waals surface area contributed by atoms with Gasteiger partial charge in [-0.05, 0) is 24.5 Å². The molecule has 3 aromatic rings. The zero-order valence-corrected chi connectivity index (χ0v) is 18.4. The van der Waals surface area contributed by atoms with E-state index in [0.717, 1.165) is 24.0 Å². The maximum Gasteiger partial charge on any atom is 0.204 e. The van der Waals surface area contributed by atoms with Gasteiger partial charge in [-0.3, -0.25) is 4.79 Å². The third-order valence-electron chi connectivity index (χ3n) is 7.02. The van der Waals surface area contributed by atoms with Gasteiger partial charge in [0.05, 0.1) is 36.1 Å². The number of hydrogen-bond acceptors (Lipinski definition) is 7. The van der Waals surface area contributed by atoms with E-state index in [4.69, 9.17) is 30.8 Å². The van der Waals surface area contributed by atoms with Crippen molar-refractivity contribution in [1.29, 1.82) is 0 Å². The monoisotopic (exact) mass is 470 g/mol. The Kier molecular flexibility index (Phi) is 4.97. The van der Waals surface area contributed by atoms with Gasteiger partial charge in [-0.2, -0.15) is 0 Å². The van der Waals surface area contributed by atoms with E-state index < -0.39 is 24.4 Å². The number of aldehydes is 1. The summed E-state index contributed by atoms with van der Waals surface area (Å²) in [6.45, 7) is 0.589. The summed E-state index contributed by atoms with van der Waals surface area (Å²) in [4.78, 5) is 19.8. The average molecular weight is 471 g/mol. The van der Waals surface area contributed by atoms with Gasteiger partial charge in [0.25, 0.3) is 0 Å². The fourth-order valence-electron chi connectivity index (χ4n) is 4.86. The molecule has 4 heterocycles. The summed E-state index contributed by atoms with van der Waals surface area (Å²) in [6.07, 6.45) is 0.714. The van der Waals surface area contributed by atoms with E-state index in [1.807, 2.05) is 24.3 Å². The molecule has 1 aromatic carbocycles. The highest BCUT2D eigenvalue weighted by Gasteiger charge is 2.48. The lowest BCUT2D eigenvalue weighted by Gasteiger charge is -2.17. The Morgan fingerprint density at radius 1 is 1.21 bits per heavy atom. The van der Waals surface area contributed by atoms with Gasteiger partial charge in [-0.25, -0.2) is 4.98 Å². The second kappa shape index (κ2) is 7.78. The molecule has 0 unspecified atom stereocenters. The number of rotatable bonds is 6. The number of aromatic amines is 1. The zero-order chi connectivity index (χ0) is 22.7. The Bertz CT molecular complexity index is 1220. The number of pyridine rings is 1. The Balaban J connectivity index is 1.33. The average Bonchev–Trinajstić information content (AvgIpc) is 3.23. The van der Waals surface area contributed by atoms with Crippen molar-refractivity contribution >= 4 is 28.9 Å². The number of carbonyl (C=O) groups is 1. The Morgan fingerprint density at radius 2 is 1.97 bits per heavy atom. The smallest absolute Gasteiger partial charge is 0.204 e. The second-order valence-electron chi connectivity index (χ2n) is 9.04. The minimum absolute atomic E-state index is 0.112. The van der Waals surface area contributed by atoms with Crippen LogP contribution in [0.1, 0.15) is 28.8 Å². The van der Waals surface area contributed by atoms with E-state index in [9.17, 15) is 15.0 Å². The van der Waals surface area contributed by atoms with Gasteiger partial charge in [0.15, 0.2) is 12.4 Å². The predicted molar refractivity (Wildman–Crippen MR) is 120 cm³/mol. The summed E-state index contributed by atoms with van der Waals surface area (Å²) >= 11 is 6.55. The first-order chi connectivity index (χ1) is 16.0. The van der Waals surface area contributed by atoms with Crippen molar-refractivity contribution in [2.75, 3.05) is 19.8 Å². The van der Waals surface area contributed by atoms with Crippen molar-refractivity contribution < 1.29 is 29.2 Å². The molecule has 0 spiro atoms. The summed E-state index contributed by atoms with van der Waals surface area (Å²) in [7, 11) is 0. The van der Waals surface area contributed by atoms with E-state index in [0.29, 0.717) is 33.6 Å². The van der Waals surface area contributed by atoms with E-state index >= 15 is 0 Å². The molecule has 8 nitrogen and oxygen atoms in total. The second-order valence-corrected chi connectivity index (χ2v) is 9.44. The van der Waals surface area contributed by atoms with Crippen molar-refractivity contribution in [1.82, 2.24) is 9.97 Å². The van der Waals surface area contributed by atoms with Gasteiger partial charge in [0.1, 0.15) is 29.4 Å². The molecule has 9 heteroatoms. The number of hydrogen-bond donors (Lipinski definition) is 3. The van der Waals surface area contributed by atoms with Gasteiger partial charge in [0.2, 0.25) is 5.88 Å². The largest absolute Gasteiger partial charge is 0.470 e. The molecule has 0 bridgehead atoms. The number of halogens is 1. The molecule has 0 radical (unpaired) electrons. The number of H-pyrrole nitrogens is 1. The van der Waals surface area contributed by atoms with Crippen LogP contribution in [0.15, 0.2) is 30.3 Å². The first kappa shape index (κ1) is 21.1. The predicted octanol–water partition coefficient (Wildman–Crippen LogP) is 2.63. The number of nitrogens with zero attached hydrogens (tertiary/aromatic N) is 1. The maximum atomic E-state index is 12.0. The van der Waals surface area contributed by atoms with Gasteiger partial charge in [0, 0.05) is 11.0 Å². The lowest BCUT2D eigenvalue weighted by atomic mass is 9.95. The van der Waals surface area contributed by atoms with E-state index in [1.165, 1.54) is 0 Å². The standard InChI is InChI=1S/C24H23ClN2O6/c25-15-7-16-20(27-19(15)12-1-3-13(4-2-12)24(11-29)5-6-24)14(8-28)23(26-16)33-18-10-32-21-17(30)9-31-22(18)21/h1-4,7-8,17-18,21-22,26,29-30H,5-6,9-11H2/t17-,18-,21-,22-/m1/s1. The van der Waals surface area contributed by atoms with E-state index in [-0.39, 0.29) is 31.1 Å². The van der Waals surface area contributed by atoms with Crippen LogP contribution in [-0.2, 0) is 14.9 Å². The van der Waals surface area contributed by atoms with Crippen molar-refractivity contribution in [2.24, 2.45) is 0 Å². The van der Waals surface area contributed by atoms with Crippen LogP contribution < -0.4 is 4.74 Å². The molecule has 1 aliphatic carbocycles. The SMILES string of the molecule is O=Cc1c(O[C@@H]2CO[C@H]3[C@@H]2OC[C@H]3O)[nH]c2cc(Cl)c(-c3ccc(C4(CO)CC4)cc3)nc12. The molecule has 4 atom stereocenters. The van der Waals surface area contributed by atoms with Crippen molar-refractivity contribution in [3.63, 3.8) is 0 Å². The van der Waals surface area contributed by atoms with Crippen LogP contribution in [0, 0.1) is 0 Å². The Labute approximate surface area is 194 Å². The molecule has 2 aliphatic heterocycles. The fourth-order valence-corrected chi connectivity index (χ4v) is 5.12. The maximum absolute atomic E-state index is 12.0.